The molecule has 7 nitrogen and oxygen atoms in total. The van der Waals surface area contributed by atoms with Crippen molar-refractivity contribution in [1.29, 1.82) is 0 Å². The second kappa shape index (κ2) is 8.59. The molecular formula is C18H20N2O5S. The van der Waals surface area contributed by atoms with Crippen molar-refractivity contribution in [3.8, 4) is 5.75 Å². The number of nitrogens with zero attached hydrogens (tertiary/aromatic N) is 2. The van der Waals surface area contributed by atoms with Gasteiger partial charge in [0.25, 0.3) is 5.69 Å². The molecule has 0 saturated carbocycles. The molecule has 0 aliphatic heterocycles. The van der Waals surface area contributed by atoms with Crippen LogP contribution in [0.15, 0.2) is 66.1 Å². The molecular weight excluding hydrogens is 356 g/mol. The molecule has 2 aromatic carbocycles. The maximum atomic E-state index is 13.0. The first-order chi connectivity index (χ1) is 12.4. The van der Waals surface area contributed by atoms with Gasteiger partial charge in [0.1, 0.15) is 5.75 Å². The highest BCUT2D eigenvalue weighted by molar-refractivity contribution is 7.89. The van der Waals surface area contributed by atoms with Crippen molar-refractivity contribution >= 4 is 15.7 Å². The second-order valence-electron chi connectivity index (χ2n) is 5.48. The molecule has 0 spiro atoms. The highest BCUT2D eigenvalue weighted by atomic mass is 32.2. The van der Waals surface area contributed by atoms with E-state index >= 15 is 0 Å². The minimum atomic E-state index is -4.07. The average molecular weight is 376 g/mol. The number of nitro benzene ring substituents is 1. The molecule has 0 fully saturated rings. The summed E-state index contributed by atoms with van der Waals surface area (Å²) in [5.74, 6) is 0.218. The van der Waals surface area contributed by atoms with E-state index in [-0.39, 0.29) is 23.7 Å². The fourth-order valence-electron chi connectivity index (χ4n) is 2.48. The van der Waals surface area contributed by atoms with Crippen molar-refractivity contribution < 1.29 is 18.1 Å². The summed E-state index contributed by atoms with van der Waals surface area (Å²) in [6.07, 6.45) is 1.94. The molecule has 0 heterocycles. The lowest BCUT2D eigenvalue weighted by Crippen LogP contribution is -2.33. The van der Waals surface area contributed by atoms with Crippen LogP contribution in [0, 0.1) is 10.1 Å². The van der Waals surface area contributed by atoms with Gasteiger partial charge < -0.3 is 4.74 Å². The van der Waals surface area contributed by atoms with E-state index in [1.165, 1.54) is 29.6 Å². The lowest BCUT2D eigenvalue weighted by atomic mass is 10.1. The summed E-state index contributed by atoms with van der Waals surface area (Å²) in [4.78, 5) is 10.3. The number of rotatable bonds is 9. The van der Waals surface area contributed by atoms with Crippen LogP contribution in [-0.4, -0.2) is 37.8 Å². The van der Waals surface area contributed by atoms with Crippen LogP contribution >= 0.6 is 0 Å². The Morgan fingerprint density at radius 2 is 1.92 bits per heavy atom. The number of methoxy groups -OCH3 is 1. The Bertz CT molecular complexity index is 882. The third kappa shape index (κ3) is 4.47. The van der Waals surface area contributed by atoms with Gasteiger partial charge in [0.2, 0.25) is 10.0 Å². The maximum Gasteiger partial charge on any atom is 0.293 e. The van der Waals surface area contributed by atoms with E-state index in [4.69, 9.17) is 4.74 Å². The number of hydrogen-bond donors (Lipinski definition) is 0. The highest BCUT2D eigenvalue weighted by Gasteiger charge is 2.31. The molecule has 2 rings (SSSR count). The van der Waals surface area contributed by atoms with E-state index < -0.39 is 20.6 Å². The second-order valence-corrected chi connectivity index (χ2v) is 7.38. The number of sulfonamides is 1. The highest BCUT2D eigenvalue weighted by Crippen LogP contribution is 2.30. The van der Waals surface area contributed by atoms with Gasteiger partial charge in [-0.25, -0.2) is 8.42 Å². The van der Waals surface area contributed by atoms with E-state index in [0.29, 0.717) is 6.42 Å². The summed E-state index contributed by atoms with van der Waals surface area (Å²) >= 11 is 0. The van der Waals surface area contributed by atoms with Crippen LogP contribution < -0.4 is 4.74 Å². The molecule has 0 aliphatic carbocycles. The van der Waals surface area contributed by atoms with E-state index in [2.05, 4.69) is 6.58 Å². The molecule has 0 saturated heterocycles. The molecule has 2 aromatic rings. The Labute approximate surface area is 152 Å². The Morgan fingerprint density at radius 1 is 1.23 bits per heavy atom. The summed E-state index contributed by atoms with van der Waals surface area (Å²) < 4.78 is 32.1. The third-order valence-electron chi connectivity index (χ3n) is 3.81. The molecule has 0 radical (unpaired) electrons. The zero-order valence-corrected chi connectivity index (χ0v) is 15.2. The molecule has 0 aliphatic rings. The quantitative estimate of drug-likeness (QED) is 0.381. The zero-order valence-electron chi connectivity index (χ0n) is 14.4. The fraction of sp³-hybridized carbons (Fsp3) is 0.222. The van der Waals surface area contributed by atoms with Crippen molar-refractivity contribution in [2.75, 3.05) is 20.2 Å². The predicted octanol–water partition coefficient (Wildman–Crippen LogP) is 3.02. The first-order valence-corrected chi connectivity index (χ1v) is 9.31. The molecule has 0 aromatic heterocycles. The summed E-state index contributed by atoms with van der Waals surface area (Å²) in [7, 11) is -2.71. The number of benzene rings is 2. The van der Waals surface area contributed by atoms with Gasteiger partial charge in [-0.3, -0.25) is 10.1 Å². The number of hydrogen-bond acceptors (Lipinski definition) is 5. The van der Waals surface area contributed by atoms with Crippen molar-refractivity contribution in [3.05, 3.63) is 76.9 Å². The minimum absolute atomic E-state index is 0.0539. The maximum absolute atomic E-state index is 13.0. The van der Waals surface area contributed by atoms with Crippen molar-refractivity contribution in [1.82, 2.24) is 4.31 Å². The zero-order chi connectivity index (χ0) is 19.2. The smallest absolute Gasteiger partial charge is 0.293 e. The third-order valence-corrected chi connectivity index (χ3v) is 5.72. The SMILES string of the molecule is C=CCN(CCc1ccccc1)S(=O)(=O)c1ccc(OC)cc1[N+](=O)[O-]. The summed E-state index contributed by atoms with van der Waals surface area (Å²) in [5, 5.41) is 11.3. The van der Waals surface area contributed by atoms with Crippen molar-refractivity contribution in [2.24, 2.45) is 0 Å². The molecule has 0 bridgehead atoms. The van der Waals surface area contributed by atoms with E-state index in [1.807, 2.05) is 30.3 Å². The van der Waals surface area contributed by atoms with Gasteiger partial charge in [0, 0.05) is 13.1 Å². The van der Waals surface area contributed by atoms with Crippen LogP contribution in [0.4, 0.5) is 5.69 Å². The van der Waals surface area contributed by atoms with Gasteiger partial charge in [0.05, 0.1) is 18.1 Å². The van der Waals surface area contributed by atoms with Crippen molar-refractivity contribution in [2.45, 2.75) is 11.3 Å². The predicted molar refractivity (Wildman–Crippen MR) is 98.8 cm³/mol. The molecule has 0 N–H and O–H groups in total. The van der Waals surface area contributed by atoms with Crippen LogP contribution in [0.3, 0.4) is 0 Å². The lowest BCUT2D eigenvalue weighted by molar-refractivity contribution is -0.387. The Hall–Kier alpha value is -2.71. The monoisotopic (exact) mass is 376 g/mol. The number of nitro groups is 1. The topological polar surface area (TPSA) is 89.8 Å². The van der Waals surface area contributed by atoms with E-state index in [0.717, 1.165) is 11.6 Å². The number of ether oxygens (including phenoxy) is 1. The largest absolute Gasteiger partial charge is 0.497 e. The summed E-state index contributed by atoms with van der Waals surface area (Å²) in [5.41, 5.74) is 0.458. The normalized spacial score (nSPS) is 11.3. The van der Waals surface area contributed by atoms with E-state index in [1.54, 1.807) is 0 Å². The molecule has 0 unspecified atom stereocenters. The Kier molecular flexibility index (Phi) is 6.48. The van der Waals surface area contributed by atoms with Crippen LogP contribution in [0.2, 0.25) is 0 Å². The molecule has 138 valence electrons. The molecule has 0 atom stereocenters. The van der Waals surface area contributed by atoms with Gasteiger partial charge >= 0.3 is 0 Å². The van der Waals surface area contributed by atoms with Gasteiger partial charge in [-0.2, -0.15) is 4.31 Å². The van der Waals surface area contributed by atoms with Crippen LogP contribution in [0.5, 0.6) is 5.75 Å². The minimum Gasteiger partial charge on any atom is -0.497 e. The van der Waals surface area contributed by atoms with Crippen LogP contribution in [0.1, 0.15) is 5.56 Å². The lowest BCUT2D eigenvalue weighted by Gasteiger charge is -2.21. The molecule has 26 heavy (non-hydrogen) atoms. The van der Waals surface area contributed by atoms with Crippen LogP contribution in [-0.2, 0) is 16.4 Å². The van der Waals surface area contributed by atoms with E-state index in [9.17, 15) is 18.5 Å². The van der Waals surface area contributed by atoms with Gasteiger partial charge in [-0.15, -0.1) is 6.58 Å². The average Bonchev–Trinajstić information content (AvgIpc) is 2.65. The molecule has 8 heteroatoms. The molecule has 0 amide bonds. The summed E-state index contributed by atoms with van der Waals surface area (Å²) in [6, 6.07) is 13.1. The first kappa shape index (κ1) is 19.6. The van der Waals surface area contributed by atoms with Crippen molar-refractivity contribution in [3.63, 3.8) is 0 Å². The van der Waals surface area contributed by atoms with Crippen LogP contribution in [0.25, 0.3) is 0 Å². The Morgan fingerprint density at radius 3 is 2.50 bits per heavy atom. The Balaban J connectivity index is 2.37. The van der Waals surface area contributed by atoms with Gasteiger partial charge in [-0.05, 0) is 24.1 Å². The first-order valence-electron chi connectivity index (χ1n) is 7.87. The standard InChI is InChI=1S/C18H20N2O5S/c1-3-12-19(13-11-15-7-5-4-6-8-15)26(23,24)18-10-9-16(25-2)14-17(18)20(21)22/h3-10,14H,1,11-13H2,2H3. The van der Waals surface area contributed by atoms with Gasteiger partial charge in [-0.1, -0.05) is 36.4 Å². The van der Waals surface area contributed by atoms with Gasteiger partial charge in [0.15, 0.2) is 4.90 Å². The fourth-order valence-corrected chi connectivity index (χ4v) is 4.03. The summed E-state index contributed by atoms with van der Waals surface area (Å²) in [6.45, 7) is 3.82.